The van der Waals surface area contributed by atoms with Gasteiger partial charge in [-0.25, -0.2) is 9.98 Å². The molecular formula is C30H35N7O4. The molecule has 0 amide bonds. The van der Waals surface area contributed by atoms with E-state index in [2.05, 4.69) is 15.6 Å². The van der Waals surface area contributed by atoms with E-state index in [-0.39, 0.29) is 23.7 Å². The van der Waals surface area contributed by atoms with Gasteiger partial charge in [0.25, 0.3) is 5.56 Å². The highest BCUT2D eigenvalue weighted by atomic mass is 16.5. The second-order valence-electron chi connectivity index (χ2n) is 10.9. The Morgan fingerprint density at radius 3 is 2.63 bits per heavy atom. The Bertz CT molecular complexity index is 1640. The molecule has 1 spiro atoms. The maximum absolute atomic E-state index is 12.7. The summed E-state index contributed by atoms with van der Waals surface area (Å²) in [5.74, 6) is 1.33. The van der Waals surface area contributed by atoms with Crippen molar-refractivity contribution in [2.45, 2.75) is 44.3 Å². The van der Waals surface area contributed by atoms with Gasteiger partial charge in [-0.15, -0.1) is 0 Å². The Balaban J connectivity index is 1.37. The molecule has 2 aromatic carbocycles. The van der Waals surface area contributed by atoms with Gasteiger partial charge in [0.2, 0.25) is 11.8 Å². The molecule has 4 heterocycles. The maximum Gasteiger partial charge on any atom is 0.274 e. The number of nitrogens with one attached hydrogen (secondary N) is 2. The molecule has 41 heavy (non-hydrogen) atoms. The molecular weight excluding hydrogens is 522 g/mol. The van der Waals surface area contributed by atoms with E-state index in [1.165, 1.54) is 0 Å². The summed E-state index contributed by atoms with van der Waals surface area (Å²) in [6, 6.07) is 15.0. The van der Waals surface area contributed by atoms with Gasteiger partial charge in [-0.2, -0.15) is 4.98 Å². The SMILES string of the molecule is CC(C)n1c2cc(Nc3ncc(C4=NC5(CCOCC5)CO4)c(N[C@H](CO)c4ccccc4)n3)ccc2c(=O)n1C. The molecule has 214 valence electrons. The molecule has 0 aliphatic carbocycles. The minimum atomic E-state index is -0.405. The quantitative estimate of drug-likeness (QED) is 0.297. The number of aliphatic hydroxyl groups excluding tert-OH is 1. The van der Waals surface area contributed by atoms with Crippen molar-refractivity contribution in [3.8, 4) is 0 Å². The highest BCUT2D eigenvalue weighted by Crippen LogP contribution is 2.33. The summed E-state index contributed by atoms with van der Waals surface area (Å²) in [6.07, 6.45) is 3.29. The number of ether oxygens (including phenoxy) is 2. The largest absolute Gasteiger partial charge is 0.475 e. The number of nitrogens with zero attached hydrogens (tertiary/aromatic N) is 5. The van der Waals surface area contributed by atoms with Crippen LogP contribution in [-0.4, -0.2) is 62.3 Å². The van der Waals surface area contributed by atoms with Crippen LogP contribution >= 0.6 is 0 Å². The zero-order valence-electron chi connectivity index (χ0n) is 23.5. The van der Waals surface area contributed by atoms with E-state index in [1.807, 2.05) is 67.1 Å². The predicted molar refractivity (Wildman–Crippen MR) is 158 cm³/mol. The fraction of sp³-hybridized carbons (Fsp3) is 0.400. The third-order valence-corrected chi connectivity index (χ3v) is 7.79. The van der Waals surface area contributed by atoms with Crippen LogP contribution in [0.15, 0.2) is 64.5 Å². The van der Waals surface area contributed by atoms with E-state index >= 15 is 0 Å². The molecule has 0 bridgehead atoms. The Morgan fingerprint density at radius 2 is 1.90 bits per heavy atom. The zero-order chi connectivity index (χ0) is 28.6. The van der Waals surface area contributed by atoms with E-state index < -0.39 is 6.04 Å². The van der Waals surface area contributed by atoms with Crippen LogP contribution in [0.5, 0.6) is 0 Å². The van der Waals surface area contributed by atoms with Crippen LogP contribution < -0.4 is 16.2 Å². The zero-order valence-corrected chi connectivity index (χ0v) is 23.5. The molecule has 0 radical (unpaired) electrons. The van der Waals surface area contributed by atoms with Crippen molar-refractivity contribution in [3.63, 3.8) is 0 Å². The standard InChI is InChI=1S/C30H35N7O4/c1-19(2)37-25-15-21(9-10-22(25)28(39)36(37)3)32-29-31-16-23(27-35-30(18-41-27)11-13-40-14-12-30)26(34-29)33-24(17-38)20-7-5-4-6-8-20/h4-10,15-16,19,24,38H,11-14,17-18H2,1-3H3,(H2,31,32,33,34)/t24-/m1/s1. The van der Waals surface area contributed by atoms with Crippen LogP contribution in [0.2, 0.25) is 0 Å². The van der Waals surface area contributed by atoms with Gasteiger partial charge < -0.3 is 25.2 Å². The van der Waals surface area contributed by atoms with Gasteiger partial charge in [0.15, 0.2) is 0 Å². The molecule has 11 heteroatoms. The van der Waals surface area contributed by atoms with Crippen LogP contribution in [-0.2, 0) is 16.5 Å². The molecule has 0 unspecified atom stereocenters. The van der Waals surface area contributed by atoms with E-state index in [9.17, 15) is 9.90 Å². The summed E-state index contributed by atoms with van der Waals surface area (Å²) >= 11 is 0. The van der Waals surface area contributed by atoms with Gasteiger partial charge in [-0.3, -0.25) is 14.2 Å². The molecule has 1 atom stereocenters. The van der Waals surface area contributed by atoms with Gasteiger partial charge in [0.05, 0.1) is 29.1 Å². The van der Waals surface area contributed by atoms with Gasteiger partial charge in [-0.05, 0) is 50.5 Å². The first-order valence-corrected chi connectivity index (χ1v) is 14.0. The normalized spacial score (nSPS) is 17.0. The molecule has 11 nitrogen and oxygen atoms in total. The van der Waals surface area contributed by atoms with Crippen molar-refractivity contribution in [2.75, 3.05) is 37.1 Å². The van der Waals surface area contributed by atoms with Crippen molar-refractivity contribution in [3.05, 3.63) is 76.2 Å². The minimum Gasteiger partial charge on any atom is -0.475 e. The number of benzene rings is 2. The van der Waals surface area contributed by atoms with E-state index in [1.54, 1.807) is 17.9 Å². The first-order valence-electron chi connectivity index (χ1n) is 14.0. The van der Waals surface area contributed by atoms with Crippen LogP contribution in [0.4, 0.5) is 17.5 Å². The number of aromatic nitrogens is 4. The van der Waals surface area contributed by atoms with E-state index in [4.69, 9.17) is 19.5 Å². The highest BCUT2D eigenvalue weighted by molar-refractivity contribution is 6.00. The molecule has 0 saturated carbocycles. The van der Waals surface area contributed by atoms with Crippen molar-refractivity contribution in [1.29, 1.82) is 0 Å². The third kappa shape index (κ3) is 5.18. The number of fused-ring (bicyclic) bond motifs is 1. The lowest BCUT2D eigenvalue weighted by atomic mass is 9.92. The average Bonchev–Trinajstić information content (AvgIpc) is 3.50. The summed E-state index contributed by atoms with van der Waals surface area (Å²) in [4.78, 5) is 27.1. The lowest BCUT2D eigenvalue weighted by molar-refractivity contribution is 0.0442. The minimum absolute atomic E-state index is 0.0389. The Hall–Kier alpha value is -4.22. The van der Waals surface area contributed by atoms with E-state index in [0.29, 0.717) is 48.4 Å². The molecule has 1 fully saturated rings. The van der Waals surface area contributed by atoms with Crippen LogP contribution in [0.3, 0.4) is 0 Å². The molecule has 2 aromatic heterocycles. The summed E-state index contributed by atoms with van der Waals surface area (Å²) in [6.45, 7) is 5.75. The van der Waals surface area contributed by atoms with Gasteiger partial charge in [0.1, 0.15) is 18.0 Å². The second kappa shape index (κ2) is 11.0. The van der Waals surface area contributed by atoms with Crippen molar-refractivity contribution >= 4 is 34.3 Å². The molecule has 4 aromatic rings. The smallest absolute Gasteiger partial charge is 0.274 e. The highest BCUT2D eigenvalue weighted by Gasteiger charge is 2.39. The summed E-state index contributed by atoms with van der Waals surface area (Å²) in [5.41, 5.74) is 2.78. The van der Waals surface area contributed by atoms with Crippen molar-refractivity contribution < 1.29 is 14.6 Å². The van der Waals surface area contributed by atoms with Crippen LogP contribution in [0, 0.1) is 0 Å². The Kier molecular flexibility index (Phi) is 7.22. The maximum atomic E-state index is 12.7. The van der Waals surface area contributed by atoms with Gasteiger partial charge in [-0.1, -0.05) is 30.3 Å². The number of hydrogen-bond donors (Lipinski definition) is 3. The fourth-order valence-electron chi connectivity index (χ4n) is 5.59. The number of hydrogen-bond acceptors (Lipinski definition) is 9. The lowest BCUT2D eigenvalue weighted by Crippen LogP contribution is -2.35. The number of anilines is 3. The van der Waals surface area contributed by atoms with Crippen molar-refractivity contribution in [1.82, 2.24) is 19.3 Å². The van der Waals surface area contributed by atoms with E-state index in [0.717, 1.165) is 29.6 Å². The van der Waals surface area contributed by atoms with Crippen LogP contribution in [0.1, 0.15) is 49.9 Å². The Morgan fingerprint density at radius 1 is 1.12 bits per heavy atom. The predicted octanol–water partition coefficient (Wildman–Crippen LogP) is 3.93. The number of aliphatic hydroxyl groups is 1. The lowest BCUT2D eigenvalue weighted by Gasteiger charge is -2.28. The molecule has 6 rings (SSSR count). The molecule has 2 aliphatic heterocycles. The van der Waals surface area contributed by atoms with Gasteiger partial charge >= 0.3 is 0 Å². The second-order valence-corrected chi connectivity index (χ2v) is 10.9. The molecule has 3 N–H and O–H groups in total. The summed E-state index contributed by atoms with van der Waals surface area (Å²) in [5, 5.41) is 17.6. The molecule has 1 saturated heterocycles. The van der Waals surface area contributed by atoms with Crippen LogP contribution in [0.25, 0.3) is 10.9 Å². The van der Waals surface area contributed by atoms with Gasteiger partial charge in [0, 0.05) is 38.2 Å². The number of rotatable bonds is 8. The van der Waals surface area contributed by atoms with Crippen molar-refractivity contribution in [2.24, 2.45) is 12.0 Å². The topological polar surface area (TPSA) is 128 Å². The average molecular weight is 558 g/mol. The first kappa shape index (κ1) is 27.0. The monoisotopic (exact) mass is 557 g/mol. The fourth-order valence-corrected chi connectivity index (χ4v) is 5.59. The Labute approximate surface area is 237 Å². The molecule has 2 aliphatic rings. The first-order chi connectivity index (χ1) is 19.9. The number of aliphatic imine (C=N–C) groups is 1. The third-order valence-electron chi connectivity index (χ3n) is 7.79. The summed E-state index contributed by atoms with van der Waals surface area (Å²) < 4.78 is 15.3. The summed E-state index contributed by atoms with van der Waals surface area (Å²) in [7, 11) is 1.78.